The van der Waals surface area contributed by atoms with Gasteiger partial charge in [-0.2, -0.15) is 0 Å². The Labute approximate surface area is 244 Å². The molecule has 1 fully saturated rings. The van der Waals surface area contributed by atoms with E-state index in [0.29, 0.717) is 23.6 Å². The number of hydrogen-bond acceptors (Lipinski definition) is 9. The summed E-state index contributed by atoms with van der Waals surface area (Å²) in [5.41, 5.74) is 1.91. The number of benzene rings is 1. The van der Waals surface area contributed by atoms with E-state index in [0.717, 1.165) is 22.4 Å². The van der Waals surface area contributed by atoms with Crippen LogP contribution >= 0.6 is 11.3 Å². The van der Waals surface area contributed by atoms with E-state index < -0.39 is 35.5 Å². The molecule has 3 rings (SSSR count). The molecule has 1 aliphatic rings. The van der Waals surface area contributed by atoms with E-state index in [4.69, 9.17) is 19.0 Å². The molecular weight excluding hydrogens is 548 g/mol. The number of aryl methyl sites for hydroxylation is 2. The highest BCUT2D eigenvalue weighted by Gasteiger charge is 2.49. The van der Waals surface area contributed by atoms with Gasteiger partial charge in [-0.3, -0.25) is 14.4 Å². The fourth-order valence-corrected chi connectivity index (χ4v) is 5.42. The van der Waals surface area contributed by atoms with Crippen LogP contribution in [0.1, 0.15) is 39.5 Å². The smallest absolute Gasteiger partial charge is 0.262 e. The van der Waals surface area contributed by atoms with Gasteiger partial charge in [-0.1, -0.05) is 42.4 Å². The lowest BCUT2D eigenvalue weighted by Gasteiger charge is -2.26. The first kappa shape index (κ1) is 32.2. The van der Waals surface area contributed by atoms with Crippen molar-refractivity contribution in [3.05, 3.63) is 57.3 Å². The van der Waals surface area contributed by atoms with Gasteiger partial charge in [-0.15, -0.1) is 11.3 Å². The van der Waals surface area contributed by atoms with E-state index >= 15 is 0 Å². The Morgan fingerprint density at radius 2 is 1.59 bits per heavy atom. The highest BCUT2D eigenvalue weighted by Crippen LogP contribution is 2.30. The van der Waals surface area contributed by atoms with E-state index in [1.165, 1.54) is 32.7 Å². The number of hydrogen-bond donors (Lipinski definition) is 3. The number of thiophene rings is 1. The fraction of sp³-hybridized carbons (Fsp3) is 0.517. The fourth-order valence-electron chi connectivity index (χ4n) is 4.40. The van der Waals surface area contributed by atoms with Crippen molar-refractivity contribution < 1.29 is 33.4 Å². The van der Waals surface area contributed by atoms with Gasteiger partial charge in [-0.05, 0) is 43.9 Å². The number of rotatable bonds is 16. The number of carbonyl (C=O) groups excluding carboxylic acids is 3. The molecule has 0 spiro atoms. The van der Waals surface area contributed by atoms with Crippen molar-refractivity contribution in [3.8, 4) is 0 Å². The molecule has 2 aromatic rings. The number of ether oxygens (including phenoxy) is 3. The van der Waals surface area contributed by atoms with E-state index in [9.17, 15) is 14.4 Å². The molecule has 1 aliphatic heterocycles. The van der Waals surface area contributed by atoms with Crippen LogP contribution in [0.4, 0.5) is 0 Å². The van der Waals surface area contributed by atoms with E-state index in [2.05, 4.69) is 21.1 Å². The van der Waals surface area contributed by atoms with Crippen molar-refractivity contribution in [1.82, 2.24) is 16.0 Å². The van der Waals surface area contributed by atoms with Crippen molar-refractivity contribution in [1.29, 1.82) is 0 Å². The first-order valence-electron chi connectivity index (χ1n) is 13.4. The normalized spacial score (nSPS) is 18.6. The Morgan fingerprint density at radius 3 is 2.10 bits per heavy atom. The molecule has 0 bridgehead atoms. The Morgan fingerprint density at radius 1 is 1.00 bits per heavy atom. The molecule has 1 aromatic heterocycles. The molecule has 0 saturated carbocycles. The Bertz CT molecular complexity index is 1210. The van der Waals surface area contributed by atoms with Gasteiger partial charge in [0.15, 0.2) is 0 Å². The van der Waals surface area contributed by atoms with Gasteiger partial charge in [0.2, 0.25) is 11.8 Å². The molecular formula is C29H40N4O7S. The summed E-state index contributed by atoms with van der Waals surface area (Å²) < 4.78 is 16.1. The molecule has 3 N–H and O–H groups in total. The van der Waals surface area contributed by atoms with Crippen LogP contribution in [0, 0.1) is 6.92 Å². The predicted octanol–water partition coefficient (Wildman–Crippen LogP) is 2.01. The minimum Gasteiger partial charge on any atom is -0.399 e. The molecule has 4 atom stereocenters. The molecule has 3 amide bonds. The summed E-state index contributed by atoms with van der Waals surface area (Å²) in [5, 5.41) is 12.6. The Kier molecular flexibility index (Phi) is 11.8. The highest BCUT2D eigenvalue weighted by molar-refractivity contribution is 7.14. The van der Waals surface area contributed by atoms with Gasteiger partial charge in [0.25, 0.3) is 5.91 Å². The topological polar surface area (TPSA) is 140 Å². The molecule has 0 radical (unpaired) electrons. The van der Waals surface area contributed by atoms with Gasteiger partial charge >= 0.3 is 0 Å². The highest BCUT2D eigenvalue weighted by atomic mass is 32.1. The van der Waals surface area contributed by atoms with Gasteiger partial charge < -0.3 is 35.0 Å². The monoisotopic (exact) mass is 588 g/mol. The number of oxime groups is 1. The van der Waals surface area contributed by atoms with Crippen LogP contribution in [0.3, 0.4) is 0 Å². The quantitative estimate of drug-likeness (QED) is 0.155. The van der Waals surface area contributed by atoms with Crippen molar-refractivity contribution in [2.75, 3.05) is 41.2 Å². The predicted molar refractivity (Wildman–Crippen MR) is 156 cm³/mol. The van der Waals surface area contributed by atoms with E-state index in [1.807, 2.05) is 57.2 Å². The average molecular weight is 589 g/mol. The first-order valence-corrected chi connectivity index (χ1v) is 14.3. The second-order valence-electron chi connectivity index (χ2n) is 9.97. The molecule has 11 nitrogen and oxygen atoms in total. The molecule has 224 valence electrons. The van der Waals surface area contributed by atoms with Gasteiger partial charge in [0.05, 0.1) is 30.7 Å². The molecule has 41 heavy (non-hydrogen) atoms. The Balaban J connectivity index is 1.76. The summed E-state index contributed by atoms with van der Waals surface area (Å²) in [5.74, 6) is -1.45. The third-order valence-electron chi connectivity index (χ3n) is 6.78. The summed E-state index contributed by atoms with van der Waals surface area (Å²) in [4.78, 5) is 46.5. The SMILES string of the molecule is CCc1cc(C(=O)NC(COC)C(=O)NC(COC)C(=O)NC(Cc2ccccc2)C(=NOC)C2(C)CO2)sc1C. The third kappa shape index (κ3) is 8.83. The largest absolute Gasteiger partial charge is 0.399 e. The van der Waals surface area contributed by atoms with Crippen LogP contribution in [-0.4, -0.2) is 88.3 Å². The van der Waals surface area contributed by atoms with Crippen LogP contribution < -0.4 is 16.0 Å². The lowest BCUT2D eigenvalue weighted by molar-refractivity contribution is -0.132. The number of carbonyl (C=O) groups is 3. The van der Waals surface area contributed by atoms with Crippen molar-refractivity contribution in [2.45, 2.75) is 57.3 Å². The molecule has 2 heterocycles. The van der Waals surface area contributed by atoms with Gasteiger partial charge in [0, 0.05) is 19.1 Å². The maximum absolute atomic E-state index is 13.6. The Hall–Kier alpha value is -3.32. The van der Waals surface area contributed by atoms with Crippen LogP contribution in [0.15, 0.2) is 41.6 Å². The second-order valence-corrected chi connectivity index (χ2v) is 11.2. The van der Waals surface area contributed by atoms with Gasteiger partial charge in [0.1, 0.15) is 30.5 Å². The lowest BCUT2D eigenvalue weighted by atomic mass is 9.93. The van der Waals surface area contributed by atoms with E-state index in [1.54, 1.807) is 0 Å². The van der Waals surface area contributed by atoms with Crippen LogP contribution in [0.25, 0.3) is 0 Å². The maximum Gasteiger partial charge on any atom is 0.262 e. The minimum atomic E-state index is -1.06. The lowest BCUT2D eigenvalue weighted by Crippen LogP contribution is -2.59. The zero-order chi connectivity index (χ0) is 30.0. The zero-order valence-electron chi connectivity index (χ0n) is 24.4. The summed E-state index contributed by atoms with van der Waals surface area (Å²) in [6.45, 7) is 6.11. The summed E-state index contributed by atoms with van der Waals surface area (Å²) in [7, 11) is 4.30. The summed E-state index contributed by atoms with van der Waals surface area (Å²) >= 11 is 1.37. The molecule has 12 heteroatoms. The standard InChI is InChI=1S/C29H40N4O7S/c1-7-20-14-24(41-18(20)2)28(36)32-23(16-38-5)27(35)31-22(15-37-4)26(34)30-21(13-19-11-9-8-10-12-19)25(33-39-6)29(3)17-40-29/h8-12,14,21-23H,7,13,15-17H2,1-6H3,(H,30,34)(H,31,35)(H,32,36). The summed E-state index contributed by atoms with van der Waals surface area (Å²) in [6.07, 6.45) is 1.22. The molecule has 1 saturated heterocycles. The number of nitrogens with zero attached hydrogens (tertiary/aromatic N) is 1. The first-order chi connectivity index (χ1) is 19.6. The van der Waals surface area contributed by atoms with Crippen LogP contribution in [0.2, 0.25) is 0 Å². The average Bonchev–Trinajstić information content (AvgIpc) is 3.58. The minimum absolute atomic E-state index is 0.0825. The van der Waals surface area contributed by atoms with Crippen molar-refractivity contribution in [3.63, 3.8) is 0 Å². The number of methoxy groups -OCH3 is 2. The number of epoxide rings is 1. The zero-order valence-corrected chi connectivity index (χ0v) is 25.3. The van der Waals surface area contributed by atoms with Crippen molar-refractivity contribution in [2.24, 2.45) is 5.16 Å². The third-order valence-corrected chi connectivity index (χ3v) is 7.88. The molecule has 1 aromatic carbocycles. The van der Waals surface area contributed by atoms with Gasteiger partial charge in [-0.25, -0.2) is 0 Å². The maximum atomic E-state index is 13.6. The number of nitrogens with one attached hydrogen (secondary N) is 3. The molecule has 0 aliphatic carbocycles. The molecule has 4 unspecified atom stereocenters. The summed E-state index contributed by atoms with van der Waals surface area (Å²) in [6, 6.07) is 8.78. The van der Waals surface area contributed by atoms with Crippen LogP contribution in [-0.2, 0) is 41.5 Å². The van der Waals surface area contributed by atoms with Crippen LogP contribution in [0.5, 0.6) is 0 Å². The number of amides is 3. The second kappa shape index (κ2) is 15.1. The van der Waals surface area contributed by atoms with E-state index in [-0.39, 0.29) is 19.1 Å². The van der Waals surface area contributed by atoms with Crippen molar-refractivity contribution >= 4 is 34.8 Å².